The Labute approximate surface area is 190 Å². The number of nitrogens with one attached hydrogen (secondary N) is 2. The minimum Gasteiger partial charge on any atom is -0.480 e. The van der Waals surface area contributed by atoms with Gasteiger partial charge in [-0.25, -0.2) is 0 Å². The number of ketones is 2. The Kier molecular flexibility index (Phi) is 15.4. The molecule has 11 heteroatoms. The molecule has 4 N–H and O–H groups in total. The molecule has 0 aromatic heterocycles. The summed E-state index contributed by atoms with van der Waals surface area (Å²) in [6.45, 7) is 9.35. The summed E-state index contributed by atoms with van der Waals surface area (Å²) < 4.78 is 16.0. The van der Waals surface area contributed by atoms with Crippen LogP contribution in [-0.4, -0.2) is 123 Å². The number of aliphatic hydroxyl groups excluding tert-OH is 1. The Morgan fingerprint density at radius 3 is 1.81 bits per heavy atom. The molecule has 0 saturated carbocycles. The van der Waals surface area contributed by atoms with Gasteiger partial charge in [0.2, 0.25) is 0 Å². The summed E-state index contributed by atoms with van der Waals surface area (Å²) in [5.41, 5.74) is -1.55. The first-order chi connectivity index (χ1) is 14.9. The molecule has 11 nitrogen and oxygen atoms in total. The van der Waals surface area contributed by atoms with Crippen LogP contribution >= 0.6 is 0 Å². The highest BCUT2D eigenvalue weighted by Gasteiger charge is 2.28. The highest BCUT2D eigenvalue weighted by Crippen LogP contribution is 2.05. The first-order valence-electron chi connectivity index (χ1n) is 10.7. The monoisotopic (exact) mass is 463 g/mol. The molecule has 0 unspecified atom stereocenters. The standard InChI is InChI=1S/C21H41N3O8/c1-20(2,17(26)14-24(5)15-19(28)29)22-7-10-31-12-13-32-16-18(27)21(3,4)23-6-9-30-11-8-25/h22-23,25H,6-16H2,1-5H3,(H,28,29). The molecule has 0 spiro atoms. The number of carboxylic acids is 1. The van der Waals surface area contributed by atoms with Gasteiger partial charge in [-0.15, -0.1) is 0 Å². The van der Waals surface area contributed by atoms with E-state index in [1.165, 1.54) is 4.90 Å². The third-order valence-electron chi connectivity index (χ3n) is 4.68. The van der Waals surface area contributed by atoms with E-state index in [1.54, 1.807) is 34.7 Å². The molecule has 0 bridgehead atoms. The molecule has 0 rings (SSSR count). The zero-order valence-corrected chi connectivity index (χ0v) is 20.1. The van der Waals surface area contributed by atoms with Crippen molar-refractivity contribution in [2.24, 2.45) is 0 Å². The van der Waals surface area contributed by atoms with Crippen LogP contribution in [0.25, 0.3) is 0 Å². The molecular formula is C21H41N3O8. The van der Waals surface area contributed by atoms with E-state index in [1.807, 2.05) is 0 Å². The molecule has 188 valence electrons. The highest BCUT2D eigenvalue weighted by molar-refractivity contribution is 5.89. The normalized spacial score (nSPS) is 12.3. The minimum absolute atomic E-state index is 0.0314. The highest BCUT2D eigenvalue weighted by atomic mass is 16.5. The molecule has 0 aliphatic rings. The third-order valence-corrected chi connectivity index (χ3v) is 4.68. The topological polar surface area (TPSA) is 147 Å². The number of aliphatic carboxylic acids is 1. The summed E-state index contributed by atoms with van der Waals surface area (Å²) in [7, 11) is 1.58. The minimum atomic E-state index is -0.980. The van der Waals surface area contributed by atoms with Crippen LogP contribution in [0.1, 0.15) is 27.7 Å². The van der Waals surface area contributed by atoms with Crippen molar-refractivity contribution in [2.45, 2.75) is 38.8 Å². The lowest BCUT2D eigenvalue weighted by Gasteiger charge is -2.27. The summed E-state index contributed by atoms with van der Waals surface area (Å²) in [6.07, 6.45) is 0. The van der Waals surface area contributed by atoms with E-state index in [0.29, 0.717) is 32.9 Å². The molecule has 0 fully saturated rings. The van der Waals surface area contributed by atoms with Crippen molar-refractivity contribution in [2.75, 3.05) is 79.5 Å². The van der Waals surface area contributed by atoms with Crippen molar-refractivity contribution in [1.29, 1.82) is 0 Å². The summed E-state index contributed by atoms with van der Waals surface area (Å²) in [5, 5.41) is 23.6. The molecule has 0 saturated heterocycles. The number of ether oxygens (including phenoxy) is 3. The maximum Gasteiger partial charge on any atom is 0.317 e. The van der Waals surface area contributed by atoms with Gasteiger partial charge in [0.1, 0.15) is 6.61 Å². The van der Waals surface area contributed by atoms with E-state index in [0.717, 1.165) is 0 Å². The van der Waals surface area contributed by atoms with Crippen molar-refractivity contribution < 1.29 is 38.8 Å². The second-order valence-electron chi connectivity index (χ2n) is 8.52. The number of aliphatic hydroxyl groups is 1. The summed E-state index contributed by atoms with van der Waals surface area (Å²) >= 11 is 0. The Balaban J connectivity index is 3.90. The number of Topliss-reactive ketones (excluding diaryl/α,β-unsaturated/α-hetero) is 2. The summed E-state index contributed by atoms with van der Waals surface area (Å²) in [4.78, 5) is 36.7. The number of hydrogen-bond donors (Lipinski definition) is 4. The van der Waals surface area contributed by atoms with E-state index in [9.17, 15) is 14.4 Å². The lowest BCUT2D eigenvalue weighted by molar-refractivity contribution is -0.138. The van der Waals surface area contributed by atoms with Gasteiger partial charge in [-0.1, -0.05) is 0 Å². The van der Waals surface area contributed by atoms with Gasteiger partial charge in [0.05, 0.1) is 63.8 Å². The number of likely N-dealkylation sites (N-methyl/N-ethyl adjacent to an activating group) is 1. The van der Waals surface area contributed by atoms with Crippen molar-refractivity contribution in [1.82, 2.24) is 15.5 Å². The van der Waals surface area contributed by atoms with Crippen LogP contribution in [0.5, 0.6) is 0 Å². The van der Waals surface area contributed by atoms with Crippen molar-refractivity contribution in [3.8, 4) is 0 Å². The molecular weight excluding hydrogens is 422 g/mol. The van der Waals surface area contributed by atoms with Crippen LogP contribution in [0.3, 0.4) is 0 Å². The third kappa shape index (κ3) is 14.6. The molecule has 0 aliphatic heterocycles. The van der Waals surface area contributed by atoms with E-state index in [-0.39, 0.29) is 51.1 Å². The molecule has 0 radical (unpaired) electrons. The van der Waals surface area contributed by atoms with Gasteiger partial charge in [0.15, 0.2) is 11.6 Å². The van der Waals surface area contributed by atoms with Gasteiger partial charge >= 0.3 is 5.97 Å². The number of rotatable bonds is 21. The number of carbonyl (C=O) groups is 3. The lowest BCUT2D eigenvalue weighted by Crippen LogP contribution is -2.51. The molecule has 0 amide bonds. The van der Waals surface area contributed by atoms with Crippen molar-refractivity contribution in [3.05, 3.63) is 0 Å². The van der Waals surface area contributed by atoms with Crippen molar-refractivity contribution in [3.63, 3.8) is 0 Å². The van der Waals surface area contributed by atoms with Crippen LogP contribution in [0, 0.1) is 0 Å². The Hall–Kier alpha value is -1.47. The van der Waals surface area contributed by atoms with Crippen LogP contribution in [0.4, 0.5) is 0 Å². The van der Waals surface area contributed by atoms with Crippen LogP contribution in [0.15, 0.2) is 0 Å². The summed E-state index contributed by atoms with van der Waals surface area (Å²) in [5.74, 6) is -1.18. The van der Waals surface area contributed by atoms with Gasteiger partial charge < -0.3 is 35.1 Å². The van der Waals surface area contributed by atoms with E-state index in [2.05, 4.69) is 10.6 Å². The zero-order chi connectivity index (χ0) is 24.6. The Morgan fingerprint density at radius 2 is 1.28 bits per heavy atom. The van der Waals surface area contributed by atoms with Gasteiger partial charge in [-0.05, 0) is 34.7 Å². The number of hydrogen-bond acceptors (Lipinski definition) is 10. The maximum absolute atomic E-state index is 12.3. The average Bonchev–Trinajstić information content (AvgIpc) is 2.68. The zero-order valence-electron chi connectivity index (χ0n) is 20.1. The fraction of sp³-hybridized carbons (Fsp3) is 0.857. The van der Waals surface area contributed by atoms with Gasteiger partial charge in [0.25, 0.3) is 0 Å². The molecule has 0 heterocycles. The Morgan fingerprint density at radius 1 is 0.781 bits per heavy atom. The van der Waals surface area contributed by atoms with Crippen LogP contribution in [0.2, 0.25) is 0 Å². The number of carboxylic acid groups (broad SMARTS) is 1. The molecule has 0 atom stereocenters. The van der Waals surface area contributed by atoms with E-state index in [4.69, 9.17) is 24.4 Å². The SMILES string of the molecule is CN(CC(=O)O)CC(=O)C(C)(C)NCCOCCOCC(=O)C(C)(C)NCCOCCO. The fourth-order valence-corrected chi connectivity index (χ4v) is 2.53. The fourth-order valence-electron chi connectivity index (χ4n) is 2.53. The Bertz CT molecular complexity index is 569. The second-order valence-corrected chi connectivity index (χ2v) is 8.52. The molecule has 32 heavy (non-hydrogen) atoms. The number of carbonyl (C=O) groups excluding carboxylic acids is 2. The molecule has 0 aliphatic carbocycles. The van der Waals surface area contributed by atoms with Gasteiger partial charge in [-0.2, -0.15) is 0 Å². The predicted octanol–water partition coefficient (Wildman–Crippen LogP) is -1.08. The second kappa shape index (κ2) is 16.2. The summed E-state index contributed by atoms with van der Waals surface area (Å²) in [6, 6.07) is 0. The first kappa shape index (κ1) is 30.5. The van der Waals surface area contributed by atoms with Crippen LogP contribution < -0.4 is 10.6 Å². The average molecular weight is 464 g/mol. The number of nitrogens with zero attached hydrogens (tertiary/aromatic N) is 1. The van der Waals surface area contributed by atoms with Crippen molar-refractivity contribution >= 4 is 17.5 Å². The quantitative estimate of drug-likeness (QED) is 0.154. The predicted molar refractivity (Wildman–Crippen MR) is 119 cm³/mol. The largest absolute Gasteiger partial charge is 0.480 e. The van der Waals surface area contributed by atoms with E-state index < -0.39 is 17.0 Å². The molecule has 0 aromatic carbocycles. The van der Waals surface area contributed by atoms with Gasteiger partial charge in [-0.3, -0.25) is 19.3 Å². The molecule has 0 aromatic rings. The van der Waals surface area contributed by atoms with E-state index >= 15 is 0 Å². The smallest absolute Gasteiger partial charge is 0.317 e. The van der Waals surface area contributed by atoms with Gasteiger partial charge in [0, 0.05) is 13.1 Å². The maximum atomic E-state index is 12.3. The lowest BCUT2D eigenvalue weighted by atomic mass is 9.98. The first-order valence-corrected chi connectivity index (χ1v) is 10.7. The van der Waals surface area contributed by atoms with Crippen LogP contribution in [-0.2, 0) is 28.6 Å².